The van der Waals surface area contributed by atoms with E-state index in [1.54, 1.807) is 6.07 Å². The van der Waals surface area contributed by atoms with E-state index in [1.165, 1.54) is 24.0 Å². The average molecular weight is 291 g/mol. The van der Waals surface area contributed by atoms with Gasteiger partial charge in [-0.2, -0.15) is 13.2 Å². The van der Waals surface area contributed by atoms with Gasteiger partial charge in [-0.3, -0.25) is 0 Å². The highest BCUT2D eigenvalue weighted by molar-refractivity contribution is 5.56. The highest BCUT2D eigenvalue weighted by Crippen LogP contribution is 2.37. The number of hydrogen-bond donors (Lipinski definition) is 1. The minimum absolute atomic E-state index is 0.0679. The molecule has 2 atom stereocenters. The van der Waals surface area contributed by atoms with Gasteiger partial charge in [-0.25, -0.2) is 4.39 Å². The van der Waals surface area contributed by atoms with Crippen LogP contribution in [-0.4, -0.2) is 24.4 Å². The Kier molecular flexibility index (Phi) is 4.22. The molecule has 112 valence electrons. The lowest BCUT2D eigenvalue weighted by molar-refractivity contribution is -0.176. The Morgan fingerprint density at radius 2 is 2.05 bits per heavy atom. The van der Waals surface area contributed by atoms with Gasteiger partial charge >= 0.3 is 6.18 Å². The number of halogens is 4. The molecule has 0 aliphatic carbocycles. The van der Waals surface area contributed by atoms with E-state index < -0.39 is 24.0 Å². The van der Waals surface area contributed by atoms with Gasteiger partial charge in [0, 0.05) is 18.7 Å². The lowest BCUT2D eigenvalue weighted by Crippen LogP contribution is -2.42. The van der Waals surface area contributed by atoms with Gasteiger partial charge in [0.05, 0.1) is 17.7 Å². The molecule has 1 aliphatic rings. The van der Waals surface area contributed by atoms with Crippen molar-refractivity contribution in [3.63, 3.8) is 0 Å². The zero-order valence-electron chi connectivity index (χ0n) is 11.1. The Morgan fingerprint density at radius 1 is 1.35 bits per heavy atom. The van der Waals surface area contributed by atoms with E-state index in [4.69, 9.17) is 0 Å². The monoisotopic (exact) mass is 291 g/mol. The number of hydrogen-bond acceptors (Lipinski definition) is 2. The van der Waals surface area contributed by atoms with E-state index in [1.807, 2.05) is 0 Å². The summed E-state index contributed by atoms with van der Waals surface area (Å²) in [5.74, 6) is -2.04. The molecule has 0 spiro atoms. The minimum atomic E-state index is -4.27. The molecule has 0 amide bonds. The summed E-state index contributed by atoms with van der Waals surface area (Å²) in [6.45, 7) is 1.58. The maximum Gasteiger partial charge on any atom is 0.393 e. The van der Waals surface area contributed by atoms with E-state index in [-0.39, 0.29) is 18.7 Å². The van der Waals surface area contributed by atoms with Gasteiger partial charge < -0.3 is 10.0 Å². The molecule has 1 fully saturated rings. The lowest BCUT2D eigenvalue weighted by atomic mass is 9.95. The molecular formula is C14H17F4NO. The van der Waals surface area contributed by atoms with Gasteiger partial charge in [-0.05, 0) is 25.8 Å². The van der Waals surface area contributed by atoms with Crippen LogP contribution in [0.1, 0.15) is 31.4 Å². The van der Waals surface area contributed by atoms with Crippen molar-refractivity contribution in [2.24, 2.45) is 5.92 Å². The Morgan fingerprint density at radius 3 is 2.65 bits per heavy atom. The minimum Gasteiger partial charge on any atom is -0.389 e. The Bertz CT molecular complexity index is 473. The van der Waals surface area contributed by atoms with Gasteiger partial charge in [0.25, 0.3) is 0 Å². The van der Waals surface area contributed by atoms with Crippen molar-refractivity contribution in [1.29, 1.82) is 0 Å². The molecule has 0 bridgehead atoms. The Labute approximate surface area is 115 Å². The second-order valence-electron chi connectivity index (χ2n) is 5.18. The van der Waals surface area contributed by atoms with Gasteiger partial charge in [0.1, 0.15) is 5.82 Å². The van der Waals surface area contributed by atoms with Gasteiger partial charge in [0.2, 0.25) is 0 Å². The van der Waals surface area contributed by atoms with E-state index in [0.29, 0.717) is 18.5 Å². The van der Waals surface area contributed by atoms with Crippen LogP contribution < -0.4 is 4.90 Å². The van der Waals surface area contributed by atoms with E-state index >= 15 is 0 Å². The summed E-state index contributed by atoms with van der Waals surface area (Å²) in [6.07, 6.45) is -4.77. The summed E-state index contributed by atoms with van der Waals surface area (Å²) in [6, 6.07) is 4.20. The number of benzene rings is 1. The Hall–Kier alpha value is -1.30. The molecule has 2 rings (SSSR count). The van der Waals surface area contributed by atoms with Crippen LogP contribution in [0.4, 0.5) is 23.2 Å². The molecule has 0 aromatic heterocycles. The summed E-state index contributed by atoms with van der Waals surface area (Å²) in [4.78, 5) is 1.40. The quantitative estimate of drug-likeness (QED) is 0.841. The number of aliphatic hydroxyl groups is 1. The third-order valence-corrected chi connectivity index (χ3v) is 3.67. The molecule has 1 aromatic rings. The Balaban J connectivity index is 2.32. The van der Waals surface area contributed by atoms with Gasteiger partial charge in [0.15, 0.2) is 0 Å². The largest absolute Gasteiger partial charge is 0.393 e. The fourth-order valence-corrected chi connectivity index (χ4v) is 2.65. The standard InChI is InChI=1S/C14H17F4NO/c1-9(20)11-5-2-6-12(15)13(11)19-7-3-4-10(8-19)14(16,17)18/h2,5-6,9-10,20H,3-4,7-8H2,1H3. The number of rotatable bonds is 2. The molecule has 2 nitrogen and oxygen atoms in total. The van der Waals surface area contributed by atoms with Crippen molar-refractivity contribution >= 4 is 5.69 Å². The van der Waals surface area contributed by atoms with Gasteiger partial charge in [-0.1, -0.05) is 12.1 Å². The number of anilines is 1. The predicted octanol–water partition coefficient (Wildman–Crippen LogP) is 3.66. The van der Waals surface area contributed by atoms with Crippen molar-refractivity contribution < 1.29 is 22.7 Å². The maximum atomic E-state index is 14.0. The number of aliphatic hydroxyl groups excluding tert-OH is 1. The smallest absolute Gasteiger partial charge is 0.389 e. The van der Waals surface area contributed by atoms with E-state index in [9.17, 15) is 22.7 Å². The average Bonchev–Trinajstić information content (AvgIpc) is 2.37. The SMILES string of the molecule is CC(O)c1cccc(F)c1N1CCCC(C(F)(F)F)C1. The predicted molar refractivity (Wildman–Crippen MR) is 68.0 cm³/mol. The van der Waals surface area contributed by atoms with Crippen LogP contribution in [0.2, 0.25) is 0 Å². The molecule has 2 unspecified atom stereocenters. The summed E-state index contributed by atoms with van der Waals surface area (Å²) in [5.41, 5.74) is 0.421. The zero-order chi connectivity index (χ0) is 14.9. The summed E-state index contributed by atoms with van der Waals surface area (Å²) in [7, 11) is 0. The van der Waals surface area contributed by atoms with Crippen LogP contribution in [0.15, 0.2) is 18.2 Å². The summed E-state index contributed by atoms with van der Waals surface area (Å²) in [5, 5.41) is 9.67. The molecule has 1 N–H and O–H groups in total. The molecule has 0 saturated carbocycles. The molecule has 0 radical (unpaired) electrons. The van der Waals surface area contributed by atoms with Crippen molar-refractivity contribution in [2.45, 2.75) is 32.0 Å². The van der Waals surface area contributed by atoms with Crippen molar-refractivity contribution in [3.05, 3.63) is 29.6 Å². The summed E-state index contributed by atoms with van der Waals surface area (Å²) < 4.78 is 52.4. The van der Waals surface area contributed by atoms with Gasteiger partial charge in [-0.15, -0.1) is 0 Å². The first-order chi connectivity index (χ1) is 9.30. The molecule has 1 aliphatic heterocycles. The molecular weight excluding hydrogens is 274 g/mol. The highest BCUT2D eigenvalue weighted by Gasteiger charge is 2.42. The third kappa shape index (κ3) is 3.06. The van der Waals surface area contributed by atoms with Crippen LogP contribution >= 0.6 is 0 Å². The molecule has 20 heavy (non-hydrogen) atoms. The first-order valence-corrected chi connectivity index (χ1v) is 6.59. The van der Waals surface area contributed by atoms with Crippen LogP contribution in [-0.2, 0) is 0 Å². The fraction of sp³-hybridized carbons (Fsp3) is 0.571. The molecule has 6 heteroatoms. The second-order valence-corrected chi connectivity index (χ2v) is 5.18. The fourth-order valence-electron chi connectivity index (χ4n) is 2.65. The van der Waals surface area contributed by atoms with Crippen LogP contribution in [0.5, 0.6) is 0 Å². The zero-order valence-corrected chi connectivity index (χ0v) is 11.1. The third-order valence-electron chi connectivity index (χ3n) is 3.67. The second kappa shape index (κ2) is 5.60. The van der Waals surface area contributed by atoms with Crippen LogP contribution in [0.25, 0.3) is 0 Å². The molecule has 1 aromatic carbocycles. The maximum absolute atomic E-state index is 14.0. The van der Waals surface area contributed by atoms with Crippen LogP contribution in [0, 0.1) is 11.7 Å². The van der Waals surface area contributed by atoms with E-state index in [2.05, 4.69) is 0 Å². The first-order valence-electron chi connectivity index (χ1n) is 6.59. The topological polar surface area (TPSA) is 23.5 Å². The number of para-hydroxylation sites is 1. The van der Waals surface area contributed by atoms with Crippen molar-refractivity contribution in [2.75, 3.05) is 18.0 Å². The summed E-state index contributed by atoms with van der Waals surface area (Å²) >= 11 is 0. The van der Waals surface area contributed by atoms with Crippen molar-refractivity contribution in [3.8, 4) is 0 Å². The number of piperidine rings is 1. The van der Waals surface area contributed by atoms with E-state index in [0.717, 1.165) is 0 Å². The van der Waals surface area contributed by atoms with Crippen LogP contribution in [0.3, 0.4) is 0 Å². The molecule has 1 saturated heterocycles. The lowest BCUT2D eigenvalue weighted by Gasteiger charge is -2.36. The molecule has 1 heterocycles. The first kappa shape index (κ1) is 15.1. The normalized spacial score (nSPS) is 21.9. The van der Waals surface area contributed by atoms with Crippen molar-refractivity contribution in [1.82, 2.24) is 0 Å². The number of alkyl halides is 3. The number of nitrogens with zero attached hydrogens (tertiary/aromatic N) is 1. The highest BCUT2D eigenvalue weighted by atomic mass is 19.4.